The molecule has 0 heterocycles. The van der Waals surface area contributed by atoms with E-state index in [1.165, 1.54) is 6.07 Å². The SMILES string of the molecule is Fc1cc(Br)ccc1-c1ccc(Cl)cc1. The number of hydrogen-bond acceptors (Lipinski definition) is 0. The highest BCUT2D eigenvalue weighted by atomic mass is 79.9. The lowest BCUT2D eigenvalue weighted by Crippen LogP contribution is -1.83. The Balaban J connectivity index is 2.49. The third-order valence-electron chi connectivity index (χ3n) is 2.09. The highest BCUT2D eigenvalue weighted by Gasteiger charge is 2.04. The molecular formula is C12H7BrClF. The summed E-state index contributed by atoms with van der Waals surface area (Å²) < 4.78 is 14.3. The van der Waals surface area contributed by atoms with Gasteiger partial charge in [0.2, 0.25) is 0 Å². The van der Waals surface area contributed by atoms with Crippen LogP contribution in [0, 0.1) is 5.82 Å². The molecule has 3 heteroatoms. The van der Waals surface area contributed by atoms with E-state index in [2.05, 4.69) is 15.9 Å². The van der Waals surface area contributed by atoms with Crippen molar-refractivity contribution >= 4 is 27.5 Å². The molecule has 15 heavy (non-hydrogen) atoms. The van der Waals surface area contributed by atoms with Crippen molar-refractivity contribution in [1.82, 2.24) is 0 Å². The Bertz CT molecular complexity index is 479. The molecule has 0 aliphatic heterocycles. The van der Waals surface area contributed by atoms with Crippen molar-refractivity contribution in [2.45, 2.75) is 0 Å². The van der Waals surface area contributed by atoms with Gasteiger partial charge in [-0.2, -0.15) is 0 Å². The van der Waals surface area contributed by atoms with Gasteiger partial charge >= 0.3 is 0 Å². The number of hydrogen-bond donors (Lipinski definition) is 0. The quantitative estimate of drug-likeness (QED) is 0.698. The van der Waals surface area contributed by atoms with Crippen LogP contribution in [-0.2, 0) is 0 Å². The van der Waals surface area contributed by atoms with Gasteiger partial charge in [-0.05, 0) is 29.8 Å². The molecule has 0 radical (unpaired) electrons. The molecule has 0 aliphatic carbocycles. The van der Waals surface area contributed by atoms with E-state index in [0.717, 1.165) is 10.0 Å². The topological polar surface area (TPSA) is 0 Å². The lowest BCUT2D eigenvalue weighted by Gasteiger charge is -2.03. The van der Waals surface area contributed by atoms with Crippen LogP contribution >= 0.6 is 27.5 Å². The average molecular weight is 286 g/mol. The van der Waals surface area contributed by atoms with E-state index >= 15 is 0 Å². The summed E-state index contributed by atoms with van der Waals surface area (Å²) in [5, 5.41) is 0.649. The van der Waals surface area contributed by atoms with Crippen LogP contribution in [0.2, 0.25) is 5.02 Å². The highest BCUT2D eigenvalue weighted by Crippen LogP contribution is 2.26. The maximum Gasteiger partial charge on any atom is 0.132 e. The molecule has 2 aromatic carbocycles. The lowest BCUT2D eigenvalue weighted by atomic mass is 10.1. The molecule has 2 aromatic rings. The minimum absolute atomic E-state index is 0.244. The molecule has 0 unspecified atom stereocenters. The van der Waals surface area contributed by atoms with Crippen molar-refractivity contribution in [3.63, 3.8) is 0 Å². The van der Waals surface area contributed by atoms with Crippen LogP contribution in [0.5, 0.6) is 0 Å². The number of halogens is 3. The van der Waals surface area contributed by atoms with E-state index < -0.39 is 0 Å². The Hall–Kier alpha value is -0.860. The number of rotatable bonds is 1. The molecule has 76 valence electrons. The van der Waals surface area contributed by atoms with E-state index in [1.54, 1.807) is 30.3 Å². The van der Waals surface area contributed by atoms with Crippen molar-refractivity contribution < 1.29 is 4.39 Å². The molecule has 0 fully saturated rings. The summed E-state index contributed by atoms with van der Waals surface area (Å²) in [6, 6.07) is 12.1. The van der Waals surface area contributed by atoms with E-state index in [1.807, 2.05) is 6.07 Å². The molecule has 0 aromatic heterocycles. The minimum atomic E-state index is -0.244. The van der Waals surface area contributed by atoms with Gasteiger partial charge in [-0.3, -0.25) is 0 Å². The standard InChI is InChI=1S/C12H7BrClF/c13-9-3-6-11(12(15)7-9)8-1-4-10(14)5-2-8/h1-7H. The smallest absolute Gasteiger partial charge is 0.132 e. The van der Waals surface area contributed by atoms with Gasteiger partial charge in [-0.25, -0.2) is 4.39 Å². The van der Waals surface area contributed by atoms with Crippen LogP contribution in [-0.4, -0.2) is 0 Å². The summed E-state index contributed by atoms with van der Waals surface area (Å²) in [4.78, 5) is 0. The monoisotopic (exact) mass is 284 g/mol. The highest BCUT2D eigenvalue weighted by molar-refractivity contribution is 9.10. The zero-order valence-corrected chi connectivity index (χ0v) is 10.0. The molecule has 0 spiro atoms. The molecule has 0 amide bonds. The second-order valence-electron chi connectivity index (χ2n) is 3.13. The summed E-state index contributed by atoms with van der Waals surface area (Å²) in [6.07, 6.45) is 0. The van der Waals surface area contributed by atoms with E-state index in [9.17, 15) is 4.39 Å². The molecule has 0 saturated carbocycles. The van der Waals surface area contributed by atoms with Gasteiger partial charge < -0.3 is 0 Å². The maximum absolute atomic E-state index is 13.6. The predicted octanol–water partition coefficient (Wildman–Crippen LogP) is 4.91. The van der Waals surface area contributed by atoms with Crippen LogP contribution in [0.3, 0.4) is 0 Å². The largest absolute Gasteiger partial charge is 0.206 e. The van der Waals surface area contributed by atoms with E-state index in [4.69, 9.17) is 11.6 Å². The van der Waals surface area contributed by atoms with Crippen LogP contribution in [0.15, 0.2) is 46.9 Å². The summed E-state index contributed by atoms with van der Waals surface area (Å²) >= 11 is 8.98. The van der Waals surface area contributed by atoms with Gasteiger partial charge in [-0.1, -0.05) is 45.7 Å². The second-order valence-corrected chi connectivity index (χ2v) is 4.48. The second kappa shape index (κ2) is 4.33. The Kier molecular flexibility index (Phi) is 3.08. The first-order chi connectivity index (χ1) is 7.16. The maximum atomic E-state index is 13.6. The molecule has 0 atom stereocenters. The van der Waals surface area contributed by atoms with Crippen LogP contribution in [0.1, 0.15) is 0 Å². The van der Waals surface area contributed by atoms with Gasteiger partial charge in [0.1, 0.15) is 5.82 Å². The summed E-state index contributed by atoms with van der Waals surface area (Å²) in [7, 11) is 0. The number of benzene rings is 2. The van der Waals surface area contributed by atoms with Crippen molar-refractivity contribution in [3.05, 3.63) is 57.8 Å². The fourth-order valence-corrected chi connectivity index (χ4v) is 1.81. The Morgan fingerprint density at radius 1 is 1.00 bits per heavy atom. The van der Waals surface area contributed by atoms with Crippen molar-refractivity contribution in [2.75, 3.05) is 0 Å². The molecule has 0 bridgehead atoms. The molecule has 0 N–H and O–H groups in total. The van der Waals surface area contributed by atoms with E-state index in [0.29, 0.717) is 10.6 Å². The van der Waals surface area contributed by atoms with Crippen LogP contribution < -0.4 is 0 Å². The minimum Gasteiger partial charge on any atom is -0.206 e. The Morgan fingerprint density at radius 3 is 2.27 bits per heavy atom. The van der Waals surface area contributed by atoms with Crippen LogP contribution in [0.4, 0.5) is 4.39 Å². The van der Waals surface area contributed by atoms with Gasteiger partial charge in [0.25, 0.3) is 0 Å². The molecule has 0 nitrogen and oxygen atoms in total. The Morgan fingerprint density at radius 2 is 1.67 bits per heavy atom. The zero-order chi connectivity index (χ0) is 10.8. The van der Waals surface area contributed by atoms with Crippen molar-refractivity contribution in [2.24, 2.45) is 0 Å². The van der Waals surface area contributed by atoms with Gasteiger partial charge in [0.15, 0.2) is 0 Å². The first kappa shape index (κ1) is 10.7. The average Bonchev–Trinajstić information content (AvgIpc) is 2.20. The van der Waals surface area contributed by atoms with E-state index in [-0.39, 0.29) is 5.82 Å². The van der Waals surface area contributed by atoms with Crippen molar-refractivity contribution in [3.8, 4) is 11.1 Å². The summed E-state index contributed by atoms with van der Waals surface area (Å²) in [5.74, 6) is -0.244. The first-order valence-corrected chi connectivity index (χ1v) is 5.55. The van der Waals surface area contributed by atoms with Gasteiger partial charge in [0.05, 0.1) is 0 Å². The fourth-order valence-electron chi connectivity index (χ4n) is 1.35. The zero-order valence-electron chi connectivity index (χ0n) is 7.68. The third-order valence-corrected chi connectivity index (χ3v) is 2.83. The van der Waals surface area contributed by atoms with Gasteiger partial charge in [-0.15, -0.1) is 0 Å². The fraction of sp³-hybridized carbons (Fsp3) is 0. The molecule has 0 aliphatic rings. The molecule has 2 rings (SSSR count). The third kappa shape index (κ3) is 2.39. The van der Waals surface area contributed by atoms with Crippen LogP contribution in [0.25, 0.3) is 11.1 Å². The normalized spacial score (nSPS) is 10.3. The summed E-state index contributed by atoms with van der Waals surface area (Å²) in [5.41, 5.74) is 1.40. The lowest BCUT2D eigenvalue weighted by molar-refractivity contribution is 0.630. The van der Waals surface area contributed by atoms with Crippen molar-refractivity contribution in [1.29, 1.82) is 0 Å². The Labute approximate surface area is 101 Å². The first-order valence-electron chi connectivity index (χ1n) is 4.38. The molecule has 0 saturated heterocycles. The summed E-state index contributed by atoms with van der Waals surface area (Å²) in [6.45, 7) is 0. The predicted molar refractivity (Wildman–Crippen MR) is 64.5 cm³/mol. The van der Waals surface area contributed by atoms with Gasteiger partial charge in [0, 0.05) is 15.1 Å². The molecular weight excluding hydrogens is 278 g/mol.